The highest BCUT2D eigenvalue weighted by atomic mass is 79.9. The fraction of sp³-hybridized carbons (Fsp3) is 0.409. The van der Waals surface area contributed by atoms with Gasteiger partial charge in [0.05, 0.1) is 5.75 Å². The van der Waals surface area contributed by atoms with Crippen molar-refractivity contribution in [3.05, 3.63) is 56.0 Å². The Balaban J connectivity index is 2.03. The van der Waals surface area contributed by atoms with Crippen LogP contribution in [0.25, 0.3) is 0 Å². The summed E-state index contributed by atoms with van der Waals surface area (Å²) >= 11 is 7.15. The van der Waals surface area contributed by atoms with Gasteiger partial charge in [0.1, 0.15) is 27.9 Å². The van der Waals surface area contributed by atoms with Gasteiger partial charge in [0, 0.05) is 21.6 Å². The molecule has 0 unspecified atom stereocenters. The van der Waals surface area contributed by atoms with Crippen LogP contribution in [0.15, 0.2) is 39.3 Å². The summed E-state index contributed by atoms with van der Waals surface area (Å²) in [6.07, 6.45) is 2.29. The van der Waals surface area contributed by atoms with Crippen LogP contribution in [0, 0.1) is 0 Å². The maximum Gasteiger partial charge on any atom is 0.170 e. The van der Waals surface area contributed by atoms with Gasteiger partial charge in [-0.25, -0.2) is 8.42 Å². The van der Waals surface area contributed by atoms with E-state index >= 15 is 0 Å². The van der Waals surface area contributed by atoms with Crippen LogP contribution in [0.3, 0.4) is 0 Å². The molecule has 164 valence electrons. The van der Waals surface area contributed by atoms with Gasteiger partial charge >= 0.3 is 0 Å². The first-order valence-corrected chi connectivity index (χ1v) is 13.2. The van der Waals surface area contributed by atoms with Crippen molar-refractivity contribution >= 4 is 47.5 Å². The number of phenols is 1. The van der Waals surface area contributed by atoms with E-state index in [0.29, 0.717) is 24.3 Å². The highest BCUT2D eigenvalue weighted by molar-refractivity contribution is 9.11. The number of hydrogen-bond donors (Lipinski definition) is 1. The van der Waals surface area contributed by atoms with Gasteiger partial charge in [0.25, 0.3) is 0 Å². The zero-order chi connectivity index (χ0) is 22.5. The lowest BCUT2D eigenvalue weighted by atomic mass is 9.96. The van der Waals surface area contributed by atoms with Gasteiger partial charge in [0.15, 0.2) is 5.78 Å². The molecule has 0 saturated carbocycles. The molecular formula is C22H26Br2O5S. The molecule has 0 saturated heterocycles. The number of sulfone groups is 1. The number of aromatic hydroxyl groups is 1. The number of halogens is 2. The van der Waals surface area contributed by atoms with E-state index in [-0.39, 0.29) is 30.5 Å². The Labute approximate surface area is 195 Å². The van der Waals surface area contributed by atoms with E-state index in [2.05, 4.69) is 31.9 Å². The summed E-state index contributed by atoms with van der Waals surface area (Å²) in [6, 6.07) is 9.26. The number of carbonyl (C=O) groups is 1. The van der Waals surface area contributed by atoms with E-state index < -0.39 is 9.84 Å². The molecule has 0 fully saturated rings. The molecule has 0 spiro atoms. The molecule has 0 aliphatic heterocycles. The molecule has 0 heterocycles. The third kappa shape index (κ3) is 7.71. The highest BCUT2D eigenvalue weighted by Gasteiger charge is 2.13. The zero-order valence-electron chi connectivity index (χ0n) is 17.2. The lowest BCUT2D eigenvalue weighted by Gasteiger charge is -2.14. The third-order valence-corrected chi connectivity index (χ3v) is 7.03. The third-order valence-electron chi connectivity index (χ3n) is 4.58. The number of ether oxygens (including phenoxy) is 1. The first-order valence-electron chi connectivity index (χ1n) is 9.58. The minimum atomic E-state index is -3.06. The number of phenolic OH excluding ortho intramolecular Hbond substituents is 1. The summed E-state index contributed by atoms with van der Waals surface area (Å²) in [5.41, 5.74) is 3.02. The second kappa shape index (κ2) is 10.8. The second-order valence-electron chi connectivity index (χ2n) is 7.65. The zero-order valence-corrected chi connectivity index (χ0v) is 21.2. The van der Waals surface area contributed by atoms with Crippen molar-refractivity contribution in [1.82, 2.24) is 0 Å². The molecule has 8 heteroatoms. The summed E-state index contributed by atoms with van der Waals surface area (Å²) in [4.78, 5) is 11.9. The maximum atomic E-state index is 11.9. The van der Waals surface area contributed by atoms with Gasteiger partial charge in [-0.1, -0.05) is 57.8 Å². The minimum absolute atomic E-state index is 0.000315. The molecule has 0 bridgehead atoms. The van der Waals surface area contributed by atoms with Crippen molar-refractivity contribution in [2.45, 2.75) is 39.0 Å². The quantitative estimate of drug-likeness (QED) is 0.420. The topological polar surface area (TPSA) is 80.7 Å². The van der Waals surface area contributed by atoms with Gasteiger partial charge in [-0.15, -0.1) is 0 Å². The fourth-order valence-electron chi connectivity index (χ4n) is 2.98. The van der Waals surface area contributed by atoms with Crippen molar-refractivity contribution in [2.75, 3.05) is 18.6 Å². The normalized spacial score (nSPS) is 11.7. The lowest BCUT2D eigenvalue weighted by Crippen LogP contribution is -2.13. The predicted molar refractivity (Wildman–Crippen MR) is 126 cm³/mol. The molecular weight excluding hydrogens is 536 g/mol. The number of carbonyl (C=O) groups excluding carboxylic acids is 1. The molecule has 2 aromatic rings. The molecule has 30 heavy (non-hydrogen) atoms. The summed E-state index contributed by atoms with van der Waals surface area (Å²) in [5, 5.41) is 10.0. The fourth-order valence-corrected chi connectivity index (χ4v) is 5.07. The summed E-state index contributed by atoms with van der Waals surface area (Å²) < 4.78 is 29.5. The van der Waals surface area contributed by atoms with Crippen molar-refractivity contribution in [2.24, 2.45) is 0 Å². The van der Waals surface area contributed by atoms with Crippen LogP contribution in [0.2, 0.25) is 0 Å². The van der Waals surface area contributed by atoms with Crippen LogP contribution in [-0.4, -0.2) is 37.9 Å². The standard InChI is InChI=1S/C22H26Br2O5S/c1-14(2)18-9-15(6-7-22(18)26)10-19-20(23)11-17(12-21(19)24)29-13-16(25)5-4-8-30(3,27)28/h6-7,9,11-12,14,26H,4-5,8,10,13H2,1-3H3. The van der Waals surface area contributed by atoms with E-state index in [9.17, 15) is 18.3 Å². The van der Waals surface area contributed by atoms with Gasteiger partial charge in [0.2, 0.25) is 0 Å². The van der Waals surface area contributed by atoms with Crippen LogP contribution in [0.1, 0.15) is 49.3 Å². The van der Waals surface area contributed by atoms with E-state index in [0.717, 1.165) is 31.9 Å². The number of benzene rings is 2. The van der Waals surface area contributed by atoms with Crippen LogP contribution >= 0.6 is 31.9 Å². The lowest BCUT2D eigenvalue weighted by molar-refractivity contribution is -0.121. The number of hydrogen-bond acceptors (Lipinski definition) is 5. The van der Waals surface area contributed by atoms with Gasteiger partial charge in [-0.3, -0.25) is 4.79 Å². The number of rotatable bonds is 10. The first-order chi connectivity index (χ1) is 14.0. The number of ketones is 1. The molecule has 0 amide bonds. The second-order valence-corrected chi connectivity index (χ2v) is 11.6. The maximum absolute atomic E-state index is 11.9. The van der Waals surface area contributed by atoms with Gasteiger partial charge in [-0.05, 0) is 53.6 Å². The van der Waals surface area contributed by atoms with E-state index in [1.165, 1.54) is 0 Å². The van der Waals surface area contributed by atoms with Crippen LogP contribution in [0.5, 0.6) is 11.5 Å². The van der Waals surface area contributed by atoms with E-state index in [1.807, 2.05) is 38.1 Å². The molecule has 2 rings (SSSR count). The molecule has 0 aromatic heterocycles. The van der Waals surface area contributed by atoms with Crippen LogP contribution in [0.4, 0.5) is 0 Å². The Kier molecular flexibility index (Phi) is 8.94. The smallest absolute Gasteiger partial charge is 0.170 e. The SMILES string of the molecule is CC(C)c1cc(Cc2c(Br)cc(OCC(=O)CCCS(C)(=O)=O)cc2Br)ccc1O. The van der Waals surface area contributed by atoms with Gasteiger partial charge in [-0.2, -0.15) is 0 Å². The van der Waals surface area contributed by atoms with E-state index in [4.69, 9.17) is 4.74 Å². The molecule has 0 radical (unpaired) electrons. The Bertz CT molecular complexity index is 993. The van der Waals surface area contributed by atoms with Crippen molar-refractivity contribution in [3.63, 3.8) is 0 Å². The Morgan fingerprint density at radius 2 is 1.77 bits per heavy atom. The summed E-state index contributed by atoms with van der Waals surface area (Å²) in [6.45, 7) is 3.98. The minimum Gasteiger partial charge on any atom is -0.508 e. The predicted octanol–water partition coefficient (Wildman–Crippen LogP) is 5.40. The first kappa shape index (κ1) is 24.9. The average molecular weight is 562 g/mol. The molecule has 1 N–H and O–H groups in total. The Hall–Kier alpha value is -1.38. The van der Waals surface area contributed by atoms with E-state index in [1.54, 1.807) is 6.07 Å². The van der Waals surface area contributed by atoms with Crippen molar-refractivity contribution in [3.8, 4) is 11.5 Å². The highest BCUT2D eigenvalue weighted by Crippen LogP contribution is 2.34. The molecule has 5 nitrogen and oxygen atoms in total. The summed E-state index contributed by atoms with van der Waals surface area (Å²) in [7, 11) is -3.06. The van der Waals surface area contributed by atoms with Crippen LogP contribution in [-0.2, 0) is 21.1 Å². The monoisotopic (exact) mass is 560 g/mol. The Morgan fingerprint density at radius 3 is 2.33 bits per heavy atom. The largest absolute Gasteiger partial charge is 0.508 e. The number of Topliss-reactive ketones (excluding diaryl/α,β-unsaturated/α-hetero) is 1. The molecule has 2 aromatic carbocycles. The molecule has 0 atom stereocenters. The van der Waals surface area contributed by atoms with Gasteiger partial charge < -0.3 is 9.84 Å². The van der Waals surface area contributed by atoms with Crippen molar-refractivity contribution in [1.29, 1.82) is 0 Å². The average Bonchev–Trinajstić information content (AvgIpc) is 2.63. The Morgan fingerprint density at radius 1 is 1.13 bits per heavy atom. The summed E-state index contributed by atoms with van der Waals surface area (Å²) in [5.74, 6) is 0.933. The van der Waals surface area contributed by atoms with Crippen LogP contribution < -0.4 is 4.74 Å². The molecule has 0 aliphatic carbocycles. The molecule has 0 aliphatic rings. The van der Waals surface area contributed by atoms with Crippen molar-refractivity contribution < 1.29 is 23.1 Å².